The van der Waals surface area contributed by atoms with Crippen molar-refractivity contribution in [3.63, 3.8) is 0 Å². The number of hydrogen-bond acceptors (Lipinski definition) is 6. The monoisotopic (exact) mass is 557 g/mol. The number of nitrogens with one attached hydrogen (secondary N) is 2. The van der Waals surface area contributed by atoms with Gasteiger partial charge in [0.2, 0.25) is 0 Å². The molecule has 3 aromatic carbocycles. The molecule has 8 nitrogen and oxygen atoms in total. The number of fused-ring (bicyclic) bond motifs is 1. The van der Waals surface area contributed by atoms with Crippen LogP contribution in [0.1, 0.15) is 48.1 Å². The minimum atomic E-state index is -0.759. The van der Waals surface area contributed by atoms with Crippen LogP contribution in [-0.2, 0) is 27.9 Å². The number of carboxylic acids is 1. The highest BCUT2D eigenvalue weighted by molar-refractivity contribution is 6.31. The Balaban J connectivity index is 1.26. The van der Waals surface area contributed by atoms with Gasteiger partial charge in [-0.05, 0) is 66.6 Å². The molecule has 4 aromatic rings. The summed E-state index contributed by atoms with van der Waals surface area (Å²) in [4.78, 5) is 24.5. The van der Waals surface area contributed by atoms with Gasteiger partial charge in [-0.25, -0.2) is 4.79 Å². The van der Waals surface area contributed by atoms with E-state index in [2.05, 4.69) is 15.8 Å². The lowest BCUT2D eigenvalue weighted by Gasteiger charge is -2.23. The maximum atomic E-state index is 12.8. The number of carbonyl (C=O) groups is 2. The SMILES string of the molecule is CC(OC(=O)Nc1cnoc1-c1ccc(-c2ccc(C3(C(=O)O)CC3)cc2)c2c1CCNC2)c1ccccc1Cl. The number of anilines is 1. The molecule has 0 bridgehead atoms. The Morgan fingerprint density at radius 3 is 2.55 bits per heavy atom. The van der Waals surface area contributed by atoms with Gasteiger partial charge in [-0.15, -0.1) is 0 Å². The molecule has 0 radical (unpaired) electrons. The molecule has 1 aliphatic heterocycles. The maximum absolute atomic E-state index is 12.8. The summed E-state index contributed by atoms with van der Waals surface area (Å²) in [6, 6.07) is 19.1. The highest BCUT2D eigenvalue weighted by Crippen LogP contribution is 2.49. The van der Waals surface area contributed by atoms with Crippen LogP contribution in [0.3, 0.4) is 0 Å². The van der Waals surface area contributed by atoms with Crippen LogP contribution in [0.5, 0.6) is 0 Å². The molecule has 6 rings (SSSR count). The van der Waals surface area contributed by atoms with Crippen molar-refractivity contribution in [1.29, 1.82) is 0 Å². The first-order chi connectivity index (χ1) is 19.4. The largest absolute Gasteiger partial charge is 0.481 e. The quantitative estimate of drug-likeness (QED) is 0.231. The van der Waals surface area contributed by atoms with E-state index in [4.69, 9.17) is 20.9 Å². The van der Waals surface area contributed by atoms with Gasteiger partial charge in [0.05, 0.1) is 11.6 Å². The Morgan fingerprint density at radius 2 is 1.82 bits per heavy atom. The Hall–Kier alpha value is -4.14. The fourth-order valence-corrected chi connectivity index (χ4v) is 5.79. The van der Waals surface area contributed by atoms with E-state index in [1.807, 2.05) is 54.6 Å². The number of halogens is 1. The van der Waals surface area contributed by atoms with E-state index in [-0.39, 0.29) is 0 Å². The van der Waals surface area contributed by atoms with Gasteiger partial charge in [0.1, 0.15) is 11.8 Å². The lowest BCUT2D eigenvalue weighted by Crippen LogP contribution is -2.25. The van der Waals surface area contributed by atoms with Crippen LogP contribution < -0.4 is 10.6 Å². The fourth-order valence-electron chi connectivity index (χ4n) is 5.50. The lowest BCUT2D eigenvalue weighted by atomic mass is 9.86. The van der Waals surface area contributed by atoms with E-state index in [0.717, 1.165) is 46.3 Å². The number of aliphatic carboxylic acids is 1. The molecule has 1 aliphatic carbocycles. The molecule has 1 unspecified atom stereocenters. The second-order valence-corrected chi connectivity index (χ2v) is 10.7. The Kier molecular flexibility index (Phi) is 6.82. The third-order valence-electron chi connectivity index (χ3n) is 7.87. The molecular formula is C31H28ClN3O5. The summed E-state index contributed by atoms with van der Waals surface area (Å²) in [5.74, 6) is -0.301. The van der Waals surface area contributed by atoms with E-state index in [0.29, 0.717) is 41.4 Å². The first-order valence-electron chi connectivity index (χ1n) is 13.2. The zero-order valence-electron chi connectivity index (χ0n) is 21.9. The predicted octanol–water partition coefficient (Wildman–Crippen LogP) is 6.73. The average molecular weight is 558 g/mol. The summed E-state index contributed by atoms with van der Waals surface area (Å²) in [5.41, 5.74) is 6.43. The van der Waals surface area contributed by atoms with Crippen molar-refractivity contribution < 1.29 is 24.0 Å². The lowest BCUT2D eigenvalue weighted by molar-refractivity contribution is -0.140. The second kappa shape index (κ2) is 10.4. The topological polar surface area (TPSA) is 114 Å². The van der Waals surface area contributed by atoms with Crippen molar-refractivity contribution in [2.45, 2.75) is 44.2 Å². The number of amides is 1. The third kappa shape index (κ3) is 4.74. The van der Waals surface area contributed by atoms with E-state index in [1.165, 1.54) is 6.20 Å². The van der Waals surface area contributed by atoms with Crippen molar-refractivity contribution >= 4 is 29.4 Å². The smallest absolute Gasteiger partial charge is 0.412 e. The molecule has 0 spiro atoms. The molecule has 9 heteroatoms. The highest BCUT2D eigenvalue weighted by Gasteiger charge is 2.51. The highest BCUT2D eigenvalue weighted by atomic mass is 35.5. The molecule has 1 aromatic heterocycles. The number of aromatic nitrogens is 1. The molecule has 40 heavy (non-hydrogen) atoms. The van der Waals surface area contributed by atoms with Crippen LogP contribution >= 0.6 is 11.6 Å². The van der Waals surface area contributed by atoms with E-state index in [1.54, 1.807) is 13.0 Å². The number of carbonyl (C=O) groups excluding carboxylic acids is 1. The molecule has 204 valence electrons. The molecule has 1 fully saturated rings. The Morgan fingerprint density at radius 1 is 1.07 bits per heavy atom. The number of ether oxygens (including phenoxy) is 1. The summed E-state index contributed by atoms with van der Waals surface area (Å²) >= 11 is 6.25. The number of nitrogens with zero attached hydrogens (tertiary/aromatic N) is 1. The van der Waals surface area contributed by atoms with Crippen LogP contribution in [-0.4, -0.2) is 28.9 Å². The average Bonchev–Trinajstić information content (AvgIpc) is 3.66. The summed E-state index contributed by atoms with van der Waals surface area (Å²) < 4.78 is 11.2. The summed E-state index contributed by atoms with van der Waals surface area (Å²) in [7, 11) is 0. The van der Waals surface area contributed by atoms with E-state index >= 15 is 0 Å². The van der Waals surface area contributed by atoms with Crippen molar-refractivity contribution in [2.75, 3.05) is 11.9 Å². The normalized spacial score (nSPS) is 16.1. The van der Waals surface area contributed by atoms with E-state index < -0.39 is 23.6 Å². The van der Waals surface area contributed by atoms with Crippen LogP contribution in [0.25, 0.3) is 22.5 Å². The zero-order chi connectivity index (χ0) is 27.9. The molecule has 1 atom stereocenters. The van der Waals surface area contributed by atoms with Gasteiger partial charge in [-0.3, -0.25) is 10.1 Å². The minimum absolute atomic E-state index is 0.414. The predicted molar refractivity (Wildman–Crippen MR) is 151 cm³/mol. The zero-order valence-corrected chi connectivity index (χ0v) is 22.6. The summed E-state index contributed by atoms with van der Waals surface area (Å²) in [5, 5.41) is 20.3. The second-order valence-electron chi connectivity index (χ2n) is 10.3. The van der Waals surface area contributed by atoms with Crippen LogP contribution in [0.4, 0.5) is 10.5 Å². The molecule has 1 saturated carbocycles. The molecule has 2 aliphatic rings. The van der Waals surface area contributed by atoms with Crippen molar-refractivity contribution in [2.24, 2.45) is 0 Å². The van der Waals surface area contributed by atoms with Gasteiger partial charge in [0.15, 0.2) is 5.76 Å². The first-order valence-corrected chi connectivity index (χ1v) is 13.6. The standard InChI is InChI=1S/C31H28ClN3O5/c1-18(21-4-2-3-5-26(21)32)39-30(38)35-27-17-34-40-28(27)24-11-10-22(25-16-33-15-12-23(24)25)19-6-8-20(9-7-19)31(13-14-31)29(36)37/h2-11,17-18,33H,12-16H2,1H3,(H,35,38)(H,36,37). The molecule has 1 amide bonds. The van der Waals surface area contributed by atoms with E-state index in [9.17, 15) is 14.7 Å². The first kappa shape index (κ1) is 26.1. The number of rotatable bonds is 7. The number of hydrogen-bond donors (Lipinski definition) is 3. The number of benzene rings is 3. The molecule has 2 heterocycles. The van der Waals surface area contributed by atoms with Crippen molar-refractivity contribution in [3.05, 3.63) is 94.1 Å². The van der Waals surface area contributed by atoms with Crippen LogP contribution in [0, 0.1) is 0 Å². The van der Waals surface area contributed by atoms with Crippen LogP contribution in [0.2, 0.25) is 5.02 Å². The fraction of sp³-hybridized carbons (Fsp3) is 0.258. The van der Waals surface area contributed by atoms with Crippen LogP contribution in [0.15, 0.2) is 71.4 Å². The van der Waals surface area contributed by atoms with Gasteiger partial charge in [0.25, 0.3) is 0 Å². The van der Waals surface area contributed by atoms with Gasteiger partial charge < -0.3 is 19.7 Å². The Bertz CT molecular complexity index is 1590. The number of carboxylic acid groups (broad SMARTS) is 1. The van der Waals surface area contributed by atoms with Gasteiger partial charge in [-0.2, -0.15) is 0 Å². The molecular weight excluding hydrogens is 530 g/mol. The molecule has 3 N–H and O–H groups in total. The maximum Gasteiger partial charge on any atom is 0.412 e. The summed E-state index contributed by atoms with van der Waals surface area (Å²) in [6.45, 7) is 3.24. The minimum Gasteiger partial charge on any atom is -0.481 e. The Labute approximate surface area is 236 Å². The third-order valence-corrected chi connectivity index (χ3v) is 8.22. The van der Waals surface area contributed by atoms with Gasteiger partial charge >= 0.3 is 12.1 Å². The molecule has 0 saturated heterocycles. The van der Waals surface area contributed by atoms with Gasteiger partial charge in [-0.1, -0.05) is 71.4 Å². The summed E-state index contributed by atoms with van der Waals surface area (Å²) in [6.07, 6.45) is 2.40. The van der Waals surface area contributed by atoms with Gasteiger partial charge in [0, 0.05) is 22.7 Å². The van der Waals surface area contributed by atoms with Crippen molar-refractivity contribution in [1.82, 2.24) is 10.5 Å². The van der Waals surface area contributed by atoms with Crippen molar-refractivity contribution in [3.8, 4) is 22.5 Å².